The van der Waals surface area contributed by atoms with Crippen molar-refractivity contribution >= 4 is 63.1 Å². The molecule has 5 nitrogen and oxygen atoms in total. The van der Waals surface area contributed by atoms with Crippen LogP contribution in [0.15, 0.2) is 77.4 Å². The van der Waals surface area contributed by atoms with E-state index in [4.69, 9.17) is 14.2 Å². The second-order valence-electron chi connectivity index (χ2n) is 6.85. The smallest absolute Gasteiger partial charge is 0.363 e. The zero-order chi connectivity index (χ0) is 22.5. The molecular formula is C25H19I2NO4. The zero-order valence-electron chi connectivity index (χ0n) is 17.2. The number of benzene rings is 3. The molecule has 0 bridgehead atoms. The first kappa shape index (κ1) is 22.8. The van der Waals surface area contributed by atoms with E-state index in [-0.39, 0.29) is 5.70 Å². The molecule has 0 radical (unpaired) electrons. The lowest BCUT2D eigenvalue weighted by molar-refractivity contribution is -0.129. The van der Waals surface area contributed by atoms with Gasteiger partial charge in [0.05, 0.1) is 10.2 Å². The Morgan fingerprint density at radius 3 is 2.47 bits per heavy atom. The van der Waals surface area contributed by atoms with Crippen LogP contribution in [0.25, 0.3) is 6.08 Å². The van der Waals surface area contributed by atoms with E-state index in [2.05, 4.69) is 50.2 Å². The van der Waals surface area contributed by atoms with Crippen molar-refractivity contribution in [3.05, 3.63) is 96.3 Å². The van der Waals surface area contributed by atoms with Crippen LogP contribution >= 0.6 is 45.2 Å². The third kappa shape index (κ3) is 5.32. The molecule has 1 aliphatic rings. The van der Waals surface area contributed by atoms with E-state index in [1.807, 2.05) is 73.7 Å². The summed E-state index contributed by atoms with van der Waals surface area (Å²) in [6.45, 7) is 2.85. The van der Waals surface area contributed by atoms with Crippen molar-refractivity contribution in [1.29, 1.82) is 0 Å². The Morgan fingerprint density at radius 1 is 0.969 bits per heavy atom. The Morgan fingerprint density at radius 2 is 1.72 bits per heavy atom. The number of cyclic esters (lactones) is 1. The van der Waals surface area contributed by atoms with Crippen LogP contribution in [0.4, 0.5) is 0 Å². The molecule has 0 fully saturated rings. The van der Waals surface area contributed by atoms with Crippen LogP contribution in [0.2, 0.25) is 0 Å². The summed E-state index contributed by atoms with van der Waals surface area (Å²) in [5, 5.41) is 0. The van der Waals surface area contributed by atoms with E-state index in [0.717, 1.165) is 23.8 Å². The molecule has 0 saturated heterocycles. The van der Waals surface area contributed by atoms with Gasteiger partial charge in [-0.3, -0.25) is 0 Å². The Labute approximate surface area is 213 Å². The highest BCUT2D eigenvalue weighted by Gasteiger charge is 2.24. The summed E-state index contributed by atoms with van der Waals surface area (Å²) < 4.78 is 19.3. The largest absolute Gasteiger partial charge is 0.490 e. The van der Waals surface area contributed by atoms with Crippen molar-refractivity contribution in [2.45, 2.75) is 13.5 Å². The molecule has 0 atom stereocenters. The van der Waals surface area contributed by atoms with Gasteiger partial charge in [-0.15, -0.1) is 0 Å². The lowest BCUT2D eigenvalue weighted by Gasteiger charge is -2.15. The molecule has 7 heteroatoms. The quantitative estimate of drug-likeness (QED) is 0.173. The van der Waals surface area contributed by atoms with E-state index < -0.39 is 5.97 Å². The minimum Gasteiger partial charge on any atom is -0.490 e. The Balaban J connectivity index is 1.62. The lowest BCUT2D eigenvalue weighted by Crippen LogP contribution is -2.05. The summed E-state index contributed by atoms with van der Waals surface area (Å²) in [6.07, 6.45) is 1.70. The average molecular weight is 651 g/mol. The molecule has 3 aromatic rings. The van der Waals surface area contributed by atoms with E-state index in [1.54, 1.807) is 6.08 Å². The van der Waals surface area contributed by atoms with Crippen LogP contribution in [0.5, 0.6) is 11.5 Å². The number of carbonyl (C=O) groups is 1. The predicted octanol–water partition coefficient (Wildman–Crippen LogP) is 6.22. The second-order valence-corrected chi connectivity index (χ2v) is 9.17. The minimum atomic E-state index is -0.476. The van der Waals surface area contributed by atoms with Crippen molar-refractivity contribution in [2.75, 3.05) is 6.61 Å². The summed E-state index contributed by atoms with van der Waals surface area (Å²) in [7, 11) is 0. The van der Waals surface area contributed by atoms with Crippen molar-refractivity contribution in [3.8, 4) is 11.5 Å². The summed E-state index contributed by atoms with van der Waals surface area (Å²) in [5.74, 6) is 1.13. The Bertz CT molecular complexity index is 1210. The highest BCUT2D eigenvalue weighted by molar-refractivity contribution is 14.1. The van der Waals surface area contributed by atoms with Crippen molar-refractivity contribution in [1.82, 2.24) is 0 Å². The predicted molar refractivity (Wildman–Crippen MR) is 141 cm³/mol. The molecule has 1 aliphatic heterocycles. The monoisotopic (exact) mass is 651 g/mol. The molecule has 0 unspecified atom stereocenters. The number of ether oxygens (including phenoxy) is 3. The van der Waals surface area contributed by atoms with Gasteiger partial charge in [-0.1, -0.05) is 36.4 Å². The number of aliphatic imine (C=N–C) groups is 1. The summed E-state index contributed by atoms with van der Waals surface area (Å²) in [6, 6.07) is 21.2. The fourth-order valence-electron chi connectivity index (χ4n) is 3.11. The van der Waals surface area contributed by atoms with Crippen LogP contribution < -0.4 is 9.47 Å². The van der Waals surface area contributed by atoms with E-state index in [0.29, 0.717) is 30.6 Å². The first-order valence-electron chi connectivity index (χ1n) is 9.95. The van der Waals surface area contributed by atoms with E-state index in [9.17, 15) is 4.79 Å². The molecule has 4 rings (SSSR count). The van der Waals surface area contributed by atoms with Gasteiger partial charge < -0.3 is 14.2 Å². The minimum absolute atomic E-state index is 0.245. The van der Waals surface area contributed by atoms with Crippen LogP contribution in [0, 0.1) is 7.14 Å². The normalized spacial score (nSPS) is 14.3. The van der Waals surface area contributed by atoms with Crippen molar-refractivity contribution in [2.24, 2.45) is 4.99 Å². The van der Waals surface area contributed by atoms with Crippen molar-refractivity contribution < 1.29 is 19.0 Å². The van der Waals surface area contributed by atoms with E-state index >= 15 is 0 Å². The van der Waals surface area contributed by atoms with Gasteiger partial charge in [0.2, 0.25) is 5.90 Å². The molecule has 0 amide bonds. The van der Waals surface area contributed by atoms with Crippen LogP contribution in [-0.4, -0.2) is 18.5 Å². The number of esters is 1. The standard InChI is InChI=1S/C25H19I2NO4/c1-2-30-22-14-16(12-20(27)23(22)31-15-18-10-6-7-11-19(18)26)13-21-25(29)32-24(28-21)17-8-4-3-5-9-17/h3-14H,2,15H2,1H3/b21-13-. The second kappa shape index (κ2) is 10.5. The number of halogens is 2. The average Bonchev–Trinajstić information content (AvgIpc) is 3.15. The zero-order valence-corrected chi connectivity index (χ0v) is 21.5. The maximum atomic E-state index is 12.4. The number of hydrogen-bond acceptors (Lipinski definition) is 5. The molecule has 0 aliphatic carbocycles. The first-order chi connectivity index (χ1) is 15.5. The first-order valence-corrected chi connectivity index (χ1v) is 12.1. The summed E-state index contributed by atoms with van der Waals surface area (Å²) in [5.41, 5.74) is 2.89. The number of nitrogens with zero attached hydrogens (tertiary/aromatic N) is 1. The number of hydrogen-bond donors (Lipinski definition) is 0. The highest BCUT2D eigenvalue weighted by Crippen LogP contribution is 2.36. The van der Waals surface area contributed by atoms with Crippen LogP contribution in [0.3, 0.4) is 0 Å². The SMILES string of the molecule is CCOc1cc(/C=C2\N=C(c3ccccc3)OC2=O)cc(I)c1OCc1ccccc1I. The summed E-state index contributed by atoms with van der Waals surface area (Å²) >= 11 is 4.52. The number of carbonyl (C=O) groups excluding carboxylic acids is 1. The van der Waals surface area contributed by atoms with Gasteiger partial charge in [0.15, 0.2) is 17.2 Å². The molecule has 0 spiro atoms. The van der Waals surface area contributed by atoms with Gasteiger partial charge in [0, 0.05) is 14.7 Å². The maximum Gasteiger partial charge on any atom is 0.363 e. The topological polar surface area (TPSA) is 57.1 Å². The third-order valence-corrected chi connectivity index (χ3v) is 6.46. The molecule has 32 heavy (non-hydrogen) atoms. The molecule has 162 valence electrons. The van der Waals surface area contributed by atoms with Gasteiger partial charge in [-0.2, -0.15) is 0 Å². The Hall–Kier alpha value is -2.40. The highest BCUT2D eigenvalue weighted by atomic mass is 127. The van der Waals surface area contributed by atoms with Gasteiger partial charge in [0.25, 0.3) is 0 Å². The molecule has 0 aromatic heterocycles. The fourth-order valence-corrected chi connectivity index (χ4v) is 4.44. The molecule has 0 N–H and O–H groups in total. The molecule has 1 heterocycles. The van der Waals surface area contributed by atoms with Gasteiger partial charge in [0.1, 0.15) is 6.61 Å². The third-order valence-electron chi connectivity index (χ3n) is 4.61. The molecule has 0 saturated carbocycles. The number of rotatable bonds is 7. The van der Waals surface area contributed by atoms with Crippen LogP contribution in [0.1, 0.15) is 23.6 Å². The van der Waals surface area contributed by atoms with Crippen molar-refractivity contribution in [3.63, 3.8) is 0 Å². The maximum absolute atomic E-state index is 12.4. The van der Waals surface area contributed by atoms with Gasteiger partial charge in [-0.05, 0) is 94.1 Å². The Kier molecular flexibility index (Phi) is 7.46. The summed E-state index contributed by atoms with van der Waals surface area (Å²) in [4.78, 5) is 16.7. The lowest BCUT2D eigenvalue weighted by atomic mass is 10.1. The molecular weight excluding hydrogens is 632 g/mol. The van der Waals surface area contributed by atoms with Gasteiger partial charge >= 0.3 is 5.97 Å². The van der Waals surface area contributed by atoms with E-state index in [1.165, 1.54) is 0 Å². The van der Waals surface area contributed by atoms with Crippen LogP contribution in [-0.2, 0) is 16.1 Å². The molecule has 3 aromatic carbocycles. The van der Waals surface area contributed by atoms with Gasteiger partial charge in [-0.25, -0.2) is 9.79 Å². The fraction of sp³-hybridized carbons (Fsp3) is 0.120.